The summed E-state index contributed by atoms with van der Waals surface area (Å²) in [7, 11) is 0. The van der Waals surface area contributed by atoms with E-state index in [0.29, 0.717) is 10.7 Å². The molecular weight excluding hydrogens is 316 g/mol. The highest BCUT2D eigenvalue weighted by Gasteiger charge is 2.15. The van der Waals surface area contributed by atoms with E-state index in [9.17, 15) is 4.79 Å². The molecule has 2 heterocycles. The van der Waals surface area contributed by atoms with Gasteiger partial charge in [-0.3, -0.25) is 4.79 Å². The topological polar surface area (TPSA) is 42.0 Å². The number of carbonyl (C=O) groups is 1. The lowest BCUT2D eigenvalue weighted by molar-refractivity contribution is 0.102. The maximum atomic E-state index is 12.6. The van der Waals surface area contributed by atoms with Crippen molar-refractivity contribution in [2.24, 2.45) is 0 Å². The van der Waals surface area contributed by atoms with Gasteiger partial charge in [0.15, 0.2) is 0 Å². The summed E-state index contributed by atoms with van der Waals surface area (Å²) in [5, 5.41) is 3.18. The largest absolute Gasteiger partial charge is 0.322 e. The highest BCUT2D eigenvalue weighted by molar-refractivity contribution is 7.15. The first-order valence-corrected chi connectivity index (χ1v) is 7.92. The fourth-order valence-corrected chi connectivity index (χ4v) is 3.16. The van der Waals surface area contributed by atoms with Crippen LogP contribution >= 0.6 is 22.9 Å². The van der Waals surface area contributed by atoms with Gasteiger partial charge in [-0.2, -0.15) is 0 Å². The predicted octanol–water partition coefficient (Wildman–Crippen LogP) is 5.02. The molecule has 5 heteroatoms. The van der Waals surface area contributed by atoms with Gasteiger partial charge >= 0.3 is 0 Å². The van der Waals surface area contributed by atoms with Crippen LogP contribution in [0.2, 0.25) is 5.15 Å². The van der Waals surface area contributed by atoms with Crippen molar-refractivity contribution >= 4 is 34.5 Å². The molecule has 0 aliphatic carbocycles. The summed E-state index contributed by atoms with van der Waals surface area (Å²) in [6, 6.07) is 14.9. The van der Waals surface area contributed by atoms with Crippen molar-refractivity contribution in [1.82, 2.24) is 4.98 Å². The maximum Gasteiger partial charge on any atom is 0.256 e. The van der Waals surface area contributed by atoms with Crippen LogP contribution in [0.5, 0.6) is 0 Å². The predicted molar refractivity (Wildman–Crippen MR) is 91.7 cm³/mol. The highest BCUT2D eigenvalue weighted by Crippen LogP contribution is 2.31. The number of aromatic nitrogens is 1. The number of carbonyl (C=O) groups excluding carboxylic acids is 1. The van der Waals surface area contributed by atoms with Crippen LogP contribution in [0.1, 0.15) is 15.2 Å². The van der Waals surface area contributed by atoms with Gasteiger partial charge in [-0.05, 0) is 37.3 Å². The summed E-state index contributed by atoms with van der Waals surface area (Å²) in [6.07, 6.45) is 1.65. The molecule has 0 saturated carbocycles. The molecular formula is C17H13ClN2OS. The van der Waals surface area contributed by atoms with Crippen LogP contribution in [-0.2, 0) is 0 Å². The van der Waals surface area contributed by atoms with Gasteiger partial charge in [0, 0.05) is 27.2 Å². The van der Waals surface area contributed by atoms with E-state index in [4.69, 9.17) is 11.6 Å². The summed E-state index contributed by atoms with van der Waals surface area (Å²) in [5.74, 6) is -0.198. The van der Waals surface area contributed by atoms with Crippen molar-refractivity contribution in [3.05, 3.63) is 70.3 Å². The number of pyridine rings is 1. The zero-order valence-corrected chi connectivity index (χ0v) is 13.4. The molecule has 1 N–H and O–H groups in total. The molecule has 3 rings (SSSR count). The Balaban J connectivity index is 1.98. The van der Waals surface area contributed by atoms with Crippen LogP contribution in [-0.4, -0.2) is 10.9 Å². The molecule has 0 aliphatic heterocycles. The summed E-state index contributed by atoms with van der Waals surface area (Å²) in [6.45, 7) is 2.03. The lowest BCUT2D eigenvalue weighted by Gasteiger charge is -2.09. The number of rotatable bonds is 3. The van der Waals surface area contributed by atoms with Gasteiger partial charge < -0.3 is 5.32 Å². The van der Waals surface area contributed by atoms with Gasteiger partial charge in [-0.15, -0.1) is 11.3 Å². The molecule has 1 aromatic carbocycles. The van der Waals surface area contributed by atoms with Crippen LogP contribution in [0.4, 0.5) is 5.69 Å². The van der Waals surface area contributed by atoms with Gasteiger partial charge in [0.2, 0.25) is 0 Å². The van der Waals surface area contributed by atoms with Crippen LogP contribution in [0.15, 0.2) is 54.7 Å². The lowest BCUT2D eigenvalue weighted by atomic mass is 10.1. The Morgan fingerprint density at radius 1 is 1.18 bits per heavy atom. The monoisotopic (exact) mass is 328 g/mol. The number of anilines is 1. The second-order valence-electron chi connectivity index (χ2n) is 4.78. The molecule has 0 saturated heterocycles. The number of halogens is 1. The van der Waals surface area contributed by atoms with Crippen molar-refractivity contribution in [1.29, 1.82) is 0 Å². The number of hydrogen-bond acceptors (Lipinski definition) is 3. The first-order valence-electron chi connectivity index (χ1n) is 6.72. The minimum absolute atomic E-state index is 0.198. The number of thiophene rings is 1. The second-order valence-corrected chi connectivity index (χ2v) is 6.46. The average Bonchev–Trinajstić information content (AvgIpc) is 2.94. The van der Waals surface area contributed by atoms with E-state index in [0.717, 1.165) is 16.1 Å². The minimum Gasteiger partial charge on any atom is -0.322 e. The Labute approximate surface area is 137 Å². The number of para-hydroxylation sites is 1. The van der Waals surface area contributed by atoms with E-state index in [-0.39, 0.29) is 5.91 Å². The van der Waals surface area contributed by atoms with E-state index in [1.165, 1.54) is 4.88 Å². The maximum absolute atomic E-state index is 12.6. The minimum atomic E-state index is -0.198. The first-order chi connectivity index (χ1) is 10.6. The van der Waals surface area contributed by atoms with Gasteiger partial charge in [0.25, 0.3) is 5.91 Å². The zero-order chi connectivity index (χ0) is 15.5. The SMILES string of the molecule is Cc1ccc(-c2cnc(Cl)cc2C(=O)Nc2ccccc2)s1. The van der Waals surface area contributed by atoms with Gasteiger partial charge in [-0.1, -0.05) is 29.8 Å². The molecule has 0 atom stereocenters. The second kappa shape index (κ2) is 6.30. The van der Waals surface area contributed by atoms with Crippen LogP contribution in [0.25, 0.3) is 10.4 Å². The number of amides is 1. The summed E-state index contributed by atoms with van der Waals surface area (Å²) in [5.41, 5.74) is 2.05. The molecule has 3 nitrogen and oxygen atoms in total. The third kappa shape index (κ3) is 3.18. The van der Waals surface area contributed by atoms with E-state index in [1.807, 2.05) is 49.4 Å². The summed E-state index contributed by atoms with van der Waals surface area (Å²) in [4.78, 5) is 18.9. The first kappa shape index (κ1) is 14.8. The quantitative estimate of drug-likeness (QED) is 0.685. The molecule has 110 valence electrons. The number of benzene rings is 1. The summed E-state index contributed by atoms with van der Waals surface area (Å²) >= 11 is 7.59. The Bertz CT molecular complexity index is 815. The number of nitrogens with one attached hydrogen (secondary N) is 1. The Hall–Kier alpha value is -2.17. The Kier molecular flexibility index (Phi) is 4.22. The third-order valence-electron chi connectivity index (χ3n) is 3.15. The molecule has 0 radical (unpaired) electrons. The van der Waals surface area contributed by atoms with E-state index >= 15 is 0 Å². The molecule has 0 fully saturated rings. The zero-order valence-electron chi connectivity index (χ0n) is 11.8. The molecule has 0 spiro atoms. The van der Waals surface area contributed by atoms with E-state index < -0.39 is 0 Å². The van der Waals surface area contributed by atoms with Crippen LogP contribution < -0.4 is 5.32 Å². The Morgan fingerprint density at radius 2 is 1.95 bits per heavy atom. The third-order valence-corrected chi connectivity index (χ3v) is 4.39. The van der Waals surface area contributed by atoms with E-state index in [1.54, 1.807) is 23.6 Å². The smallest absolute Gasteiger partial charge is 0.256 e. The van der Waals surface area contributed by atoms with Crippen molar-refractivity contribution in [2.75, 3.05) is 5.32 Å². The average molecular weight is 329 g/mol. The molecule has 0 aliphatic rings. The molecule has 0 bridgehead atoms. The fraction of sp³-hybridized carbons (Fsp3) is 0.0588. The van der Waals surface area contributed by atoms with Gasteiger partial charge in [-0.25, -0.2) is 4.98 Å². The van der Waals surface area contributed by atoms with Crippen molar-refractivity contribution in [3.63, 3.8) is 0 Å². The number of aryl methyl sites for hydroxylation is 1. The van der Waals surface area contributed by atoms with Crippen LogP contribution in [0.3, 0.4) is 0 Å². The highest BCUT2D eigenvalue weighted by atomic mass is 35.5. The van der Waals surface area contributed by atoms with Crippen LogP contribution in [0, 0.1) is 6.92 Å². The fourth-order valence-electron chi connectivity index (χ4n) is 2.11. The molecule has 0 unspecified atom stereocenters. The standard InChI is InChI=1S/C17H13ClN2OS/c1-11-7-8-15(22-11)14-10-19-16(18)9-13(14)17(21)20-12-5-3-2-4-6-12/h2-10H,1H3,(H,20,21). The van der Waals surface area contributed by atoms with Crippen molar-refractivity contribution in [2.45, 2.75) is 6.92 Å². The van der Waals surface area contributed by atoms with Gasteiger partial charge in [0.1, 0.15) is 5.15 Å². The normalized spacial score (nSPS) is 10.5. The molecule has 3 aromatic rings. The number of nitrogens with zero attached hydrogens (tertiary/aromatic N) is 1. The van der Waals surface area contributed by atoms with E-state index in [2.05, 4.69) is 10.3 Å². The van der Waals surface area contributed by atoms with Crippen molar-refractivity contribution in [3.8, 4) is 10.4 Å². The molecule has 1 amide bonds. The Morgan fingerprint density at radius 3 is 2.64 bits per heavy atom. The molecule has 22 heavy (non-hydrogen) atoms. The van der Waals surface area contributed by atoms with Gasteiger partial charge in [0.05, 0.1) is 5.56 Å². The summed E-state index contributed by atoms with van der Waals surface area (Å²) < 4.78 is 0. The molecule has 2 aromatic heterocycles. The number of hydrogen-bond donors (Lipinski definition) is 1. The lowest BCUT2D eigenvalue weighted by Crippen LogP contribution is -2.13. The van der Waals surface area contributed by atoms with Crippen molar-refractivity contribution < 1.29 is 4.79 Å².